The summed E-state index contributed by atoms with van der Waals surface area (Å²) in [6, 6.07) is 12.6. The van der Waals surface area contributed by atoms with Crippen LogP contribution in [0.25, 0.3) is 5.69 Å². The van der Waals surface area contributed by atoms with Crippen LogP contribution in [-0.4, -0.2) is 15.5 Å². The third kappa shape index (κ3) is 3.01. The van der Waals surface area contributed by atoms with Gasteiger partial charge in [-0.25, -0.2) is 0 Å². The highest BCUT2D eigenvalue weighted by Gasteiger charge is 2.09. The highest BCUT2D eigenvalue weighted by molar-refractivity contribution is 9.10. The van der Waals surface area contributed by atoms with Gasteiger partial charge in [0.1, 0.15) is 5.69 Å². The summed E-state index contributed by atoms with van der Waals surface area (Å²) in [6.45, 7) is 0. The molecule has 2 aromatic heterocycles. The largest absolute Gasteiger partial charge is 0.326 e. The zero-order valence-corrected chi connectivity index (χ0v) is 13.0. The standard InChI is InChI=1S/C16H12BrN3O2/c17-12-9-14(16(22)18-10-12)19-15(21)11-3-5-13(6-4-11)20-7-1-2-8-20/h1-10H,(H,18,22)(H,19,21). The lowest BCUT2D eigenvalue weighted by molar-refractivity contribution is 0.102. The Hall–Kier alpha value is -2.60. The molecule has 110 valence electrons. The molecule has 3 aromatic rings. The third-order valence-corrected chi connectivity index (χ3v) is 3.61. The number of amides is 1. The molecule has 0 saturated heterocycles. The molecule has 6 heteroatoms. The maximum absolute atomic E-state index is 12.2. The maximum Gasteiger partial charge on any atom is 0.271 e. The van der Waals surface area contributed by atoms with Gasteiger partial charge in [-0.1, -0.05) is 0 Å². The molecule has 0 radical (unpaired) electrons. The summed E-state index contributed by atoms with van der Waals surface area (Å²) in [4.78, 5) is 26.4. The summed E-state index contributed by atoms with van der Waals surface area (Å²) in [5.41, 5.74) is 1.30. The van der Waals surface area contributed by atoms with Crippen molar-refractivity contribution in [1.29, 1.82) is 0 Å². The summed E-state index contributed by atoms with van der Waals surface area (Å²) in [5, 5.41) is 2.60. The summed E-state index contributed by atoms with van der Waals surface area (Å²) in [6.07, 6.45) is 5.37. The first-order valence-corrected chi connectivity index (χ1v) is 7.36. The minimum atomic E-state index is -0.347. The number of nitrogens with one attached hydrogen (secondary N) is 2. The van der Waals surface area contributed by atoms with E-state index >= 15 is 0 Å². The molecule has 1 amide bonds. The van der Waals surface area contributed by atoms with Crippen molar-refractivity contribution >= 4 is 27.5 Å². The fraction of sp³-hybridized carbons (Fsp3) is 0. The van der Waals surface area contributed by atoms with E-state index in [1.165, 1.54) is 6.20 Å². The number of anilines is 1. The van der Waals surface area contributed by atoms with Crippen molar-refractivity contribution < 1.29 is 4.79 Å². The molecule has 0 bridgehead atoms. The van der Waals surface area contributed by atoms with Gasteiger partial charge in [0, 0.05) is 34.3 Å². The zero-order chi connectivity index (χ0) is 15.5. The van der Waals surface area contributed by atoms with Gasteiger partial charge in [-0.05, 0) is 58.4 Å². The van der Waals surface area contributed by atoms with Crippen LogP contribution in [0.15, 0.2) is 70.3 Å². The highest BCUT2D eigenvalue weighted by atomic mass is 79.9. The molecule has 0 aliphatic rings. The van der Waals surface area contributed by atoms with Gasteiger partial charge in [0.05, 0.1) is 0 Å². The van der Waals surface area contributed by atoms with Crippen LogP contribution >= 0.6 is 15.9 Å². The summed E-state index contributed by atoms with van der Waals surface area (Å²) in [7, 11) is 0. The average Bonchev–Trinajstić information content (AvgIpc) is 3.05. The second-order valence-corrected chi connectivity index (χ2v) is 5.57. The molecule has 2 heterocycles. The second kappa shape index (κ2) is 6.03. The van der Waals surface area contributed by atoms with Gasteiger partial charge in [0.25, 0.3) is 11.5 Å². The van der Waals surface area contributed by atoms with Gasteiger partial charge >= 0.3 is 0 Å². The van der Waals surface area contributed by atoms with E-state index in [9.17, 15) is 9.59 Å². The lowest BCUT2D eigenvalue weighted by atomic mass is 10.2. The minimum absolute atomic E-state index is 0.203. The first-order valence-electron chi connectivity index (χ1n) is 6.56. The normalized spacial score (nSPS) is 10.4. The van der Waals surface area contributed by atoms with Gasteiger partial charge in [-0.3, -0.25) is 9.59 Å². The Morgan fingerprint density at radius 3 is 2.50 bits per heavy atom. The van der Waals surface area contributed by atoms with Crippen molar-refractivity contribution in [2.45, 2.75) is 0 Å². The van der Waals surface area contributed by atoms with Crippen LogP contribution < -0.4 is 10.9 Å². The van der Waals surface area contributed by atoms with Crippen LogP contribution in [0.1, 0.15) is 10.4 Å². The van der Waals surface area contributed by atoms with E-state index in [1.54, 1.807) is 18.2 Å². The average molecular weight is 358 g/mol. The smallest absolute Gasteiger partial charge is 0.271 e. The summed E-state index contributed by atoms with van der Waals surface area (Å²) < 4.78 is 2.63. The van der Waals surface area contributed by atoms with Crippen molar-refractivity contribution in [3.05, 3.63) is 81.4 Å². The molecule has 22 heavy (non-hydrogen) atoms. The molecule has 0 saturated carbocycles. The minimum Gasteiger partial charge on any atom is -0.326 e. The number of rotatable bonds is 3. The molecular formula is C16H12BrN3O2. The second-order valence-electron chi connectivity index (χ2n) is 4.65. The van der Waals surface area contributed by atoms with Crippen molar-refractivity contribution in [3.8, 4) is 5.69 Å². The number of benzene rings is 1. The molecule has 0 aliphatic heterocycles. The number of aromatic amines is 1. The maximum atomic E-state index is 12.2. The molecule has 0 fully saturated rings. The van der Waals surface area contributed by atoms with Gasteiger partial charge < -0.3 is 14.9 Å². The molecule has 2 N–H and O–H groups in total. The molecule has 5 nitrogen and oxygen atoms in total. The van der Waals surface area contributed by atoms with Crippen LogP contribution in [0, 0.1) is 0 Å². The topological polar surface area (TPSA) is 66.9 Å². The van der Waals surface area contributed by atoms with Crippen LogP contribution in [0.3, 0.4) is 0 Å². The van der Waals surface area contributed by atoms with Crippen LogP contribution in [0.5, 0.6) is 0 Å². The van der Waals surface area contributed by atoms with Crippen LogP contribution in [0.2, 0.25) is 0 Å². The first-order chi connectivity index (χ1) is 10.6. The van der Waals surface area contributed by atoms with E-state index < -0.39 is 0 Å². The van der Waals surface area contributed by atoms with Crippen molar-refractivity contribution in [2.24, 2.45) is 0 Å². The van der Waals surface area contributed by atoms with Crippen molar-refractivity contribution in [3.63, 3.8) is 0 Å². The van der Waals surface area contributed by atoms with E-state index in [-0.39, 0.29) is 17.2 Å². The number of carbonyl (C=O) groups excluding carboxylic acids is 1. The van der Waals surface area contributed by atoms with E-state index in [4.69, 9.17) is 0 Å². The van der Waals surface area contributed by atoms with E-state index in [1.807, 2.05) is 41.2 Å². The van der Waals surface area contributed by atoms with Crippen LogP contribution in [-0.2, 0) is 0 Å². The molecule has 0 atom stereocenters. The summed E-state index contributed by atoms with van der Waals surface area (Å²) >= 11 is 3.25. The predicted molar refractivity (Wildman–Crippen MR) is 88.5 cm³/mol. The highest BCUT2D eigenvalue weighted by Crippen LogP contribution is 2.13. The van der Waals surface area contributed by atoms with Crippen LogP contribution in [0.4, 0.5) is 5.69 Å². The number of nitrogens with zero attached hydrogens (tertiary/aromatic N) is 1. The summed E-state index contributed by atoms with van der Waals surface area (Å²) in [5.74, 6) is -0.331. The molecular weight excluding hydrogens is 346 g/mol. The third-order valence-electron chi connectivity index (χ3n) is 3.15. The SMILES string of the molecule is O=C(Nc1cc(Br)c[nH]c1=O)c1ccc(-n2cccc2)cc1. The number of hydrogen-bond donors (Lipinski definition) is 2. The first kappa shape index (κ1) is 14.3. The molecule has 0 spiro atoms. The fourth-order valence-corrected chi connectivity index (χ4v) is 2.38. The van der Waals surface area contributed by atoms with Gasteiger partial charge in [0.2, 0.25) is 0 Å². The molecule has 1 aromatic carbocycles. The van der Waals surface area contributed by atoms with Crippen molar-refractivity contribution in [2.75, 3.05) is 5.32 Å². The van der Waals surface area contributed by atoms with Gasteiger partial charge in [0.15, 0.2) is 0 Å². The van der Waals surface area contributed by atoms with Gasteiger partial charge in [-0.2, -0.15) is 0 Å². The lowest BCUT2D eigenvalue weighted by Crippen LogP contribution is -2.19. The van der Waals surface area contributed by atoms with E-state index in [0.29, 0.717) is 10.0 Å². The Morgan fingerprint density at radius 2 is 1.82 bits per heavy atom. The van der Waals surface area contributed by atoms with Crippen molar-refractivity contribution in [1.82, 2.24) is 9.55 Å². The molecule has 0 aliphatic carbocycles. The van der Waals surface area contributed by atoms with E-state index in [2.05, 4.69) is 26.2 Å². The van der Waals surface area contributed by atoms with E-state index in [0.717, 1.165) is 5.69 Å². The zero-order valence-electron chi connectivity index (χ0n) is 11.4. The fourth-order valence-electron chi connectivity index (χ4n) is 2.04. The number of aromatic nitrogens is 2. The number of halogens is 1. The van der Waals surface area contributed by atoms with Gasteiger partial charge in [-0.15, -0.1) is 0 Å². The number of pyridine rings is 1. The Labute approximate surface area is 134 Å². The lowest BCUT2D eigenvalue weighted by Gasteiger charge is -2.07. The Kier molecular flexibility index (Phi) is 3.93. The predicted octanol–water partition coefficient (Wildman–Crippen LogP) is 3.18. The quantitative estimate of drug-likeness (QED) is 0.755. The Bertz CT molecular complexity index is 852. The Balaban J connectivity index is 1.81. The number of H-pyrrole nitrogens is 1. The number of hydrogen-bond acceptors (Lipinski definition) is 2. The Morgan fingerprint density at radius 1 is 1.14 bits per heavy atom. The molecule has 0 unspecified atom stereocenters. The number of carbonyl (C=O) groups is 1. The monoisotopic (exact) mass is 357 g/mol. The molecule has 3 rings (SSSR count).